The lowest BCUT2D eigenvalue weighted by Gasteiger charge is -1.96. The summed E-state index contributed by atoms with van der Waals surface area (Å²) in [7, 11) is 0. The molecule has 1 aliphatic heterocycles. The fraction of sp³-hybridized carbons (Fsp3) is 0.278. The van der Waals surface area contributed by atoms with Crippen LogP contribution in [0.25, 0.3) is 17.0 Å². The summed E-state index contributed by atoms with van der Waals surface area (Å²) in [5.74, 6) is 7.06. The van der Waals surface area contributed by atoms with Crippen molar-refractivity contribution in [3.8, 4) is 11.8 Å². The molecule has 1 aliphatic carbocycles. The fourth-order valence-corrected chi connectivity index (χ4v) is 3.60. The maximum Gasteiger partial charge on any atom is 0.290 e. The van der Waals surface area contributed by atoms with Gasteiger partial charge in [0.25, 0.3) is 11.1 Å². The van der Waals surface area contributed by atoms with Crippen molar-refractivity contribution >= 4 is 40.0 Å². The highest BCUT2D eigenvalue weighted by Gasteiger charge is 2.25. The Labute approximate surface area is 142 Å². The smallest absolute Gasteiger partial charge is 0.290 e. The first-order chi connectivity index (χ1) is 11.7. The maximum atomic E-state index is 11.6. The van der Waals surface area contributed by atoms with E-state index in [0.717, 1.165) is 35.6 Å². The molecular formula is C18H14N2O3S. The lowest BCUT2D eigenvalue weighted by molar-refractivity contribution is -0.115. The first-order valence-electron chi connectivity index (χ1n) is 7.83. The number of amides is 2. The van der Waals surface area contributed by atoms with E-state index in [-0.39, 0.29) is 5.24 Å². The van der Waals surface area contributed by atoms with Crippen LogP contribution in [-0.2, 0) is 4.79 Å². The maximum absolute atomic E-state index is 11.6. The van der Waals surface area contributed by atoms with Crippen molar-refractivity contribution in [2.45, 2.75) is 25.7 Å². The number of fused-ring (bicyclic) bond motifs is 1. The van der Waals surface area contributed by atoms with Gasteiger partial charge in [0.1, 0.15) is 5.76 Å². The highest BCUT2D eigenvalue weighted by atomic mass is 32.2. The van der Waals surface area contributed by atoms with Gasteiger partial charge in [0, 0.05) is 29.8 Å². The van der Waals surface area contributed by atoms with Gasteiger partial charge in [-0.15, -0.1) is 0 Å². The molecule has 5 nitrogen and oxygen atoms in total. The summed E-state index contributed by atoms with van der Waals surface area (Å²) >= 11 is 0.868. The summed E-state index contributed by atoms with van der Waals surface area (Å²) in [6, 6.07) is 1.80. The Bertz CT molecular complexity index is 927. The first-order valence-corrected chi connectivity index (χ1v) is 8.64. The van der Waals surface area contributed by atoms with Crippen molar-refractivity contribution in [2.24, 2.45) is 5.92 Å². The number of thioether (sulfide) groups is 1. The molecule has 0 spiro atoms. The summed E-state index contributed by atoms with van der Waals surface area (Å²) < 4.78 is 5.84. The van der Waals surface area contributed by atoms with Crippen LogP contribution in [0.15, 0.2) is 27.8 Å². The molecule has 120 valence electrons. The second kappa shape index (κ2) is 6.17. The van der Waals surface area contributed by atoms with Crippen molar-refractivity contribution in [1.82, 2.24) is 10.3 Å². The molecule has 6 heteroatoms. The summed E-state index contributed by atoms with van der Waals surface area (Å²) in [6.45, 7) is 0. The molecule has 0 unspecified atom stereocenters. The Morgan fingerprint density at radius 1 is 1.29 bits per heavy atom. The van der Waals surface area contributed by atoms with Crippen molar-refractivity contribution in [3.63, 3.8) is 0 Å². The number of nitrogens with one attached hydrogen (secondary N) is 1. The average Bonchev–Trinajstić information content (AvgIpc) is 3.26. The number of carbonyl (C=O) groups excluding carboxylic acids is 2. The number of furan rings is 1. The summed E-state index contributed by atoms with van der Waals surface area (Å²) in [5.41, 5.74) is 1.42. The zero-order chi connectivity index (χ0) is 16.5. The van der Waals surface area contributed by atoms with E-state index < -0.39 is 5.91 Å². The molecular weight excluding hydrogens is 324 g/mol. The zero-order valence-electron chi connectivity index (χ0n) is 12.8. The van der Waals surface area contributed by atoms with Gasteiger partial charge in [-0.25, -0.2) is 0 Å². The van der Waals surface area contributed by atoms with Gasteiger partial charge in [-0.3, -0.25) is 19.9 Å². The number of rotatable bonds is 1. The molecule has 3 heterocycles. The third kappa shape index (κ3) is 2.95. The van der Waals surface area contributed by atoms with Crippen LogP contribution in [0, 0.1) is 17.8 Å². The molecule has 1 N–H and O–H groups in total. The van der Waals surface area contributed by atoms with Gasteiger partial charge in [-0.2, -0.15) is 0 Å². The Kier molecular flexibility index (Phi) is 3.87. The highest BCUT2D eigenvalue weighted by Crippen LogP contribution is 2.29. The van der Waals surface area contributed by atoms with E-state index in [9.17, 15) is 9.59 Å². The fourth-order valence-electron chi connectivity index (χ4n) is 2.94. The Hall–Kier alpha value is -2.52. The molecule has 2 aromatic heterocycles. The molecule has 0 radical (unpaired) electrons. The standard InChI is InChI=1S/C18H14N2O3S/c21-17-15(24-18(22)20-17)8-14-7-13-10-19-9-12(16(13)23-14)6-5-11-3-1-2-4-11/h7-11H,1-4H2,(H,20,21,22). The monoisotopic (exact) mass is 338 g/mol. The van der Waals surface area contributed by atoms with Gasteiger partial charge < -0.3 is 4.42 Å². The summed E-state index contributed by atoms with van der Waals surface area (Å²) in [5, 5.41) is 2.68. The third-order valence-electron chi connectivity index (χ3n) is 4.12. The quantitative estimate of drug-likeness (QED) is 0.634. The van der Waals surface area contributed by atoms with Gasteiger partial charge in [-0.05, 0) is 30.7 Å². The molecule has 2 amide bonds. The molecule has 2 aromatic rings. The highest BCUT2D eigenvalue weighted by molar-refractivity contribution is 8.18. The zero-order valence-corrected chi connectivity index (χ0v) is 13.6. The minimum atomic E-state index is -0.398. The number of carbonyl (C=O) groups is 2. The van der Waals surface area contributed by atoms with Gasteiger partial charge in [-0.1, -0.05) is 24.7 Å². The Morgan fingerprint density at radius 3 is 2.88 bits per heavy atom. The number of hydrogen-bond acceptors (Lipinski definition) is 5. The molecule has 1 saturated carbocycles. The molecule has 2 aliphatic rings. The van der Waals surface area contributed by atoms with Crippen LogP contribution in [0.1, 0.15) is 37.0 Å². The van der Waals surface area contributed by atoms with Crippen LogP contribution >= 0.6 is 11.8 Å². The van der Waals surface area contributed by atoms with Crippen molar-refractivity contribution in [2.75, 3.05) is 0 Å². The van der Waals surface area contributed by atoms with Crippen LogP contribution in [0.3, 0.4) is 0 Å². The lowest BCUT2D eigenvalue weighted by Crippen LogP contribution is -2.17. The second-order valence-electron chi connectivity index (χ2n) is 5.86. The summed E-state index contributed by atoms with van der Waals surface area (Å²) in [6.07, 6.45) is 9.79. The van der Waals surface area contributed by atoms with Gasteiger partial charge in [0.05, 0.1) is 10.5 Å². The van der Waals surface area contributed by atoms with Crippen molar-refractivity contribution < 1.29 is 14.0 Å². The number of imide groups is 1. The van der Waals surface area contributed by atoms with Gasteiger partial charge >= 0.3 is 0 Å². The van der Waals surface area contributed by atoms with Crippen LogP contribution in [0.2, 0.25) is 0 Å². The van der Waals surface area contributed by atoms with E-state index >= 15 is 0 Å². The predicted octanol–water partition coefficient (Wildman–Crippen LogP) is 3.69. The number of nitrogens with zero attached hydrogens (tertiary/aromatic N) is 1. The van der Waals surface area contributed by atoms with Crippen LogP contribution in [0.4, 0.5) is 4.79 Å². The summed E-state index contributed by atoms with van der Waals surface area (Å²) in [4.78, 5) is 27.4. The minimum Gasteiger partial charge on any atom is -0.455 e. The number of aromatic nitrogens is 1. The largest absolute Gasteiger partial charge is 0.455 e. The SMILES string of the molecule is O=C1NC(=O)C(=Cc2cc3cncc(C#CC4CCCC4)c3o2)S1. The number of hydrogen-bond donors (Lipinski definition) is 1. The van der Waals surface area contributed by atoms with E-state index in [4.69, 9.17) is 4.42 Å². The predicted molar refractivity (Wildman–Crippen MR) is 92.0 cm³/mol. The van der Waals surface area contributed by atoms with Crippen LogP contribution in [0.5, 0.6) is 0 Å². The average molecular weight is 338 g/mol. The Balaban J connectivity index is 1.68. The topological polar surface area (TPSA) is 72.2 Å². The van der Waals surface area contributed by atoms with E-state index in [1.54, 1.807) is 24.5 Å². The lowest BCUT2D eigenvalue weighted by atomic mass is 10.1. The minimum absolute atomic E-state index is 0.325. The van der Waals surface area contributed by atoms with E-state index in [0.29, 0.717) is 22.2 Å². The Morgan fingerprint density at radius 2 is 2.12 bits per heavy atom. The second-order valence-corrected chi connectivity index (χ2v) is 6.87. The van der Waals surface area contributed by atoms with Crippen LogP contribution < -0.4 is 5.32 Å². The van der Waals surface area contributed by atoms with Crippen LogP contribution in [-0.4, -0.2) is 16.1 Å². The van der Waals surface area contributed by atoms with Gasteiger partial charge in [0.2, 0.25) is 0 Å². The molecule has 4 rings (SSSR count). The van der Waals surface area contributed by atoms with E-state index in [1.165, 1.54) is 12.8 Å². The number of pyridine rings is 1. The van der Waals surface area contributed by atoms with Gasteiger partial charge in [0.15, 0.2) is 5.58 Å². The van der Waals surface area contributed by atoms with E-state index in [2.05, 4.69) is 22.1 Å². The van der Waals surface area contributed by atoms with E-state index in [1.807, 2.05) is 0 Å². The molecule has 2 fully saturated rings. The first kappa shape index (κ1) is 15.0. The normalized spacial score (nSPS) is 19.8. The van der Waals surface area contributed by atoms with Crippen molar-refractivity contribution in [3.05, 3.63) is 34.7 Å². The molecule has 24 heavy (non-hydrogen) atoms. The molecule has 0 bridgehead atoms. The van der Waals surface area contributed by atoms with Crippen molar-refractivity contribution in [1.29, 1.82) is 0 Å². The molecule has 0 atom stereocenters. The molecule has 0 aromatic carbocycles. The third-order valence-corrected chi connectivity index (χ3v) is 4.93. The molecule has 1 saturated heterocycles.